The van der Waals surface area contributed by atoms with Crippen LogP contribution in [0.5, 0.6) is 5.75 Å². The van der Waals surface area contributed by atoms with Crippen molar-refractivity contribution in [1.29, 1.82) is 0 Å². The number of aryl methyl sites for hydroxylation is 4. The highest BCUT2D eigenvalue weighted by Gasteiger charge is 2.10. The fourth-order valence-electron chi connectivity index (χ4n) is 3.81. The Morgan fingerprint density at radius 2 is 1.87 bits per heavy atom. The summed E-state index contributed by atoms with van der Waals surface area (Å²) in [5, 5.41) is 2.14. The van der Waals surface area contributed by atoms with Crippen LogP contribution in [0, 0.1) is 27.4 Å². The van der Waals surface area contributed by atoms with Gasteiger partial charge in [0.15, 0.2) is 5.82 Å². The number of nitrogens with zero attached hydrogens (tertiary/aromatic N) is 2. The van der Waals surface area contributed by atoms with Gasteiger partial charge in [0, 0.05) is 17.0 Å². The molecule has 4 aromatic rings. The summed E-state index contributed by atoms with van der Waals surface area (Å²) < 4.78 is 10.8. The maximum Gasteiger partial charge on any atom is 0.150 e. The molecule has 0 aliphatic heterocycles. The van der Waals surface area contributed by atoms with Crippen LogP contribution in [0.3, 0.4) is 0 Å². The molecule has 5 nitrogen and oxygen atoms in total. The monoisotopic (exact) mass is 413 g/mol. The molecule has 158 valence electrons. The Hall–Kier alpha value is -3.18. The highest BCUT2D eigenvalue weighted by Crippen LogP contribution is 2.28. The number of nitrogens with two attached hydrogens (primary N) is 1. The van der Waals surface area contributed by atoms with Crippen LogP contribution in [-0.2, 0) is 17.6 Å². The molecule has 0 unspecified atom stereocenters. The van der Waals surface area contributed by atoms with Crippen LogP contribution in [0.15, 0.2) is 48.7 Å². The minimum atomic E-state index is 0.476. The lowest BCUT2D eigenvalue weighted by Crippen LogP contribution is -2.05. The zero-order chi connectivity index (χ0) is 21.8. The van der Waals surface area contributed by atoms with Crippen LogP contribution in [-0.4, -0.2) is 23.2 Å². The van der Waals surface area contributed by atoms with E-state index in [1.165, 1.54) is 28.9 Å². The van der Waals surface area contributed by atoms with E-state index >= 15 is 0 Å². The molecule has 0 spiro atoms. The number of rotatable bonds is 8. The van der Waals surface area contributed by atoms with Crippen LogP contribution in [0.4, 0.5) is 5.82 Å². The number of aromatic nitrogens is 2. The van der Waals surface area contributed by atoms with Gasteiger partial charge in [-0.2, -0.15) is 0 Å². The van der Waals surface area contributed by atoms with Crippen molar-refractivity contribution in [1.82, 2.24) is 9.97 Å². The fraction of sp³-hybridized carbons (Fsp3) is 0.231. The van der Waals surface area contributed by atoms with E-state index in [0.717, 1.165) is 40.4 Å². The molecule has 0 aliphatic rings. The molecule has 0 aliphatic carbocycles. The van der Waals surface area contributed by atoms with Gasteiger partial charge in [-0.1, -0.05) is 18.2 Å². The molecule has 0 bridgehead atoms. The number of hydrogen-bond donors (Lipinski definition) is 1. The van der Waals surface area contributed by atoms with Crippen molar-refractivity contribution in [3.63, 3.8) is 0 Å². The molecule has 2 radical (unpaired) electrons. The molecule has 2 heterocycles. The van der Waals surface area contributed by atoms with Gasteiger partial charge in [0.25, 0.3) is 0 Å². The fourth-order valence-corrected chi connectivity index (χ4v) is 3.81. The van der Waals surface area contributed by atoms with Crippen molar-refractivity contribution in [3.05, 3.63) is 84.4 Å². The molecule has 31 heavy (non-hydrogen) atoms. The van der Waals surface area contributed by atoms with E-state index in [1.807, 2.05) is 12.3 Å². The smallest absolute Gasteiger partial charge is 0.150 e. The van der Waals surface area contributed by atoms with Gasteiger partial charge in [-0.05, 0) is 80.1 Å². The minimum absolute atomic E-state index is 0.476. The van der Waals surface area contributed by atoms with Gasteiger partial charge >= 0.3 is 0 Å². The van der Waals surface area contributed by atoms with Gasteiger partial charge in [-0.25, -0.2) is 4.98 Å². The third-order valence-electron chi connectivity index (χ3n) is 5.46. The Kier molecular flexibility index (Phi) is 6.33. The van der Waals surface area contributed by atoms with E-state index in [9.17, 15) is 0 Å². The van der Waals surface area contributed by atoms with Gasteiger partial charge in [0.1, 0.15) is 17.9 Å². The summed E-state index contributed by atoms with van der Waals surface area (Å²) in [6, 6.07) is 14.7. The predicted molar refractivity (Wildman–Crippen MR) is 126 cm³/mol. The number of fused-ring (bicyclic) bond motifs is 3. The average molecular weight is 414 g/mol. The zero-order valence-corrected chi connectivity index (χ0v) is 18.0. The lowest BCUT2D eigenvalue weighted by Gasteiger charge is -2.11. The molecular weight excluding hydrogens is 386 g/mol. The van der Waals surface area contributed by atoms with Crippen LogP contribution < -0.4 is 10.5 Å². The maximum absolute atomic E-state index is 6.17. The number of pyridine rings is 2. The van der Waals surface area contributed by atoms with Gasteiger partial charge in [-0.15, -0.1) is 0 Å². The summed E-state index contributed by atoms with van der Waals surface area (Å²) in [5.74, 6) is 1.33. The number of nitrogen functional groups attached to an aromatic ring is 1. The normalized spacial score (nSPS) is 11.3. The van der Waals surface area contributed by atoms with Crippen LogP contribution >= 0.6 is 0 Å². The van der Waals surface area contributed by atoms with Crippen LogP contribution in [0.1, 0.15) is 22.3 Å². The Bertz CT molecular complexity index is 1220. The van der Waals surface area contributed by atoms with Gasteiger partial charge in [-0.3, -0.25) is 4.98 Å². The molecule has 2 N–H and O–H groups in total. The lowest BCUT2D eigenvalue weighted by molar-refractivity contribution is 0.157. The standard InChI is InChI=1S/C26H27N3O2/c1-4-30-11-12-31-21-9-8-20(18(3)14-21)7-6-19-15-23-22-10-5-17(2)13-24(22)29-26(27)25(23)28-16-19/h4-5,8-10,13-16H,1,6-7,11-12H2,2-3H3,(H2,27,29). The molecule has 0 amide bonds. The second-order valence-corrected chi connectivity index (χ2v) is 7.73. The molecule has 2 aromatic carbocycles. The van der Waals surface area contributed by atoms with Crippen molar-refractivity contribution in [2.24, 2.45) is 0 Å². The Balaban J connectivity index is 1.52. The largest absolute Gasteiger partial charge is 0.491 e. The molecule has 0 saturated heterocycles. The SMILES string of the molecule is [CH2][CH]OCCOc1ccc(CCc2cnc3c(N)nc4cc(C)ccc4c3c2)c(C)c1. The lowest BCUT2D eigenvalue weighted by atomic mass is 9.99. The molecule has 2 aromatic heterocycles. The predicted octanol–water partition coefficient (Wildman–Crippen LogP) is 5.16. The summed E-state index contributed by atoms with van der Waals surface area (Å²) in [5.41, 5.74) is 12.7. The molecule has 4 rings (SSSR count). The summed E-state index contributed by atoms with van der Waals surface area (Å²) in [6.07, 6.45) is 3.73. The average Bonchev–Trinajstić information content (AvgIpc) is 2.76. The first-order valence-electron chi connectivity index (χ1n) is 10.4. The van der Waals surface area contributed by atoms with Gasteiger partial charge in [0.05, 0.1) is 18.7 Å². The maximum atomic E-state index is 6.17. The Morgan fingerprint density at radius 3 is 2.68 bits per heavy atom. The van der Waals surface area contributed by atoms with E-state index in [4.69, 9.17) is 15.2 Å². The second-order valence-electron chi connectivity index (χ2n) is 7.73. The second kappa shape index (κ2) is 9.31. The van der Waals surface area contributed by atoms with Gasteiger partial charge in [0.2, 0.25) is 0 Å². The highest BCUT2D eigenvalue weighted by molar-refractivity contribution is 6.08. The van der Waals surface area contributed by atoms with Gasteiger partial charge < -0.3 is 15.2 Å². The summed E-state index contributed by atoms with van der Waals surface area (Å²) in [6.45, 7) is 10.1. The molecule has 5 heteroatoms. The van der Waals surface area contributed by atoms with E-state index in [0.29, 0.717) is 19.0 Å². The summed E-state index contributed by atoms with van der Waals surface area (Å²) in [4.78, 5) is 9.15. The van der Waals surface area contributed by atoms with E-state index in [-0.39, 0.29) is 0 Å². The molecule has 0 fully saturated rings. The molecule has 0 saturated carbocycles. The Morgan fingerprint density at radius 1 is 1.00 bits per heavy atom. The minimum Gasteiger partial charge on any atom is -0.491 e. The molecule has 0 atom stereocenters. The topological polar surface area (TPSA) is 70.3 Å². The quantitative estimate of drug-likeness (QED) is 0.319. The first kappa shape index (κ1) is 21.1. The van der Waals surface area contributed by atoms with Crippen molar-refractivity contribution in [3.8, 4) is 5.75 Å². The Labute approximate surface area is 183 Å². The number of anilines is 1. The molecular formula is C26H27N3O2. The zero-order valence-electron chi connectivity index (χ0n) is 18.0. The van der Waals surface area contributed by atoms with Crippen molar-refractivity contribution in [2.75, 3.05) is 18.9 Å². The van der Waals surface area contributed by atoms with Crippen LogP contribution in [0.25, 0.3) is 21.8 Å². The first-order valence-corrected chi connectivity index (χ1v) is 10.4. The number of ether oxygens (including phenoxy) is 2. The summed E-state index contributed by atoms with van der Waals surface area (Å²) in [7, 11) is 0. The third-order valence-corrected chi connectivity index (χ3v) is 5.46. The van der Waals surface area contributed by atoms with Crippen molar-refractivity contribution in [2.45, 2.75) is 26.7 Å². The first-order chi connectivity index (χ1) is 15.0. The van der Waals surface area contributed by atoms with E-state index < -0.39 is 0 Å². The number of hydrogen-bond acceptors (Lipinski definition) is 5. The highest BCUT2D eigenvalue weighted by atomic mass is 16.5. The van der Waals surface area contributed by atoms with E-state index in [2.05, 4.69) is 67.1 Å². The summed E-state index contributed by atoms with van der Waals surface area (Å²) >= 11 is 0. The van der Waals surface area contributed by atoms with Crippen LogP contribution in [0.2, 0.25) is 0 Å². The van der Waals surface area contributed by atoms with Crippen molar-refractivity contribution < 1.29 is 9.47 Å². The number of benzene rings is 2. The van der Waals surface area contributed by atoms with Crippen molar-refractivity contribution >= 4 is 27.6 Å². The third kappa shape index (κ3) is 4.78. The van der Waals surface area contributed by atoms with E-state index in [1.54, 1.807) is 0 Å².